The Kier molecular flexibility index (Phi) is 3.31. The summed E-state index contributed by atoms with van der Waals surface area (Å²) in [7, 11) is 0. The smallest absolute Gasteiger partial charge is 0.275 e. The number of carbonyl (C=O) groups is 1. The highest BCUT2D eigenvalue weighted by Crippen LogP contribution is 2.13. The van der Waals surface area contributed by atoms with Crippen molar-refractivity contribution in [1.29, 1.82) is 0 Å². The van der Waals surface area contributed by atoms with Gasteiger partial charge in [0.1, 0.15) is 6.54 Å². The molecule has 1 amide bonds. The first-order chi connectivity index (χ1) is 11.7. The second-order valence-corrected chi connectivity index (χ2v) is 5.35. The number of hydrogen-bond acceptors (Lipinski definition) is 4. The summed E-state index contributed by atoms with van der Waals surface area (Å²) in [6, 6.07) is 14.6. The first-order valence-corrected chi connectivity index (χ1v) is 7.40. The highest BCUT2D eigenvalue weighted by Gasteiger charge is 2.10. The molecule has 0 saturated heterocycles. The van der Waals surface area contributed by atoms with Gasteiger partial charge in [-0.3, -0.25) is 14.9 Å². The van der Waals surface area contributed by atoms with Gasteiger partial charge in [0.15, 0.2) is 0 Å². The molecule has 4 rings (SSSR count). The first-order valence-electron chi connectivity index (χ1n) is 7.40. The van der Waals surface area contributed by atoms with Gasteiger partial charge in [-0.15, -0.1) is 0 Å². The van der Waals surface area contributed by atoms with E-state index < -0.39 is 0 Å². The standard InChI is InChI=1S/C17H13N5O2/c23-15(21-17-19-13-7-3-4-8-14(13)20-17)10-22-16(24)12-6-2-1-5-11(12)9-18-22/h1-9H,10H2,(H2,19,20,21,23). The van der Waals surface area contributed by atoms with E-state index in [1.54, 1.807) is 18.3 Å². The Morgan fingerprint density at radius 1 is 1.12 bits per heavy atom. The molecule has 0 spiro atoms. The number of H-pyrrole nitrogens is 1. The normalized spacial score (nSPS) is 11.0. The minimum Gasteiger partial charge on any atom is -0.324 e. The van der Waals surface area contributed by atoms with Gasteiger partial charge in [0.25, 0.3) is 5.56 Å². The lowest BCUT2D eigenvalue weighted by molar-refractivity contribution is -0.117. The molecule has 2 N–H and O–H groups in total. The van der Waals surface area contributed by atoms with Crippen LogP contribution < -0.4 is 10.9 Å². The highest BCUT2D eigenvalue weighted by atomic mass is 16.2. The van der Waals surface area contributed by atoms with Crippen molar-refractivity contribution in [2.24, 2.45) is 0 Å². The Morgan fingerprint density at radius 3 is 2.79 bits per heavy atom. The predicted molar refractivity (Wildman–Crippen MR) is 90.7 cm³/mol. The number of nitrogens with one attached hydrogen (secondary N) is 2. The number of para-hydroxylation sites is 2. The molecule has 0 fully saturated rings. The van der Waals surface area contributed by atoms with Crippen LogP contribution in [0, 0.1) is 0 Å². The largest absolute Gasteiger partial charge is 0.324 e. The fourth-order valence-corrected chi connectivity index (χ4v) is 2.56. The predicted octanol–water partition coefficient (Wildman–Crippen LogP) is 1.91. The molecule has 0 aliphatic heterocycles. The number of aromatic nitrogens is 4. The van der Waals surface area contributed by atoms with E-state index in [1.165, 1.54) is 0 Å². The van der Waals surface area contributed by atoms with Crippen LogP contribution in [0.5, 0.6) is 0 Å². The Labute approximate surface area is 136 Å². The minimum atomic E-state index is -0.376. The molecule has 0 aliphatic rings. The van der Waals surface area contributed by atoms with E-state index in [2.05, 4.69) is 20.4 Å². The molecule has 0 aliphatic carbocycles. The van der Waals surface area contributed by atoms with E-state index in [-0.39, 0.29) is 18.0 Å². The molecule has 7 heteroatoms. The van der Waals surface area contributed by atoms with E-state index in [4.69, 9.17) is 0 Å². The van der Waals surface area contributed by atoms with Gasteiger partial charge in [-0.25, -0.2) is 9.67 Å². The fraction of sp³-hybridized carbons (Fsp3) is 0.0588. The summed E-state index contributed by atoms with van der Waals surface area (Å²) >= 11 is 0. The minimum absolute atomic E-state index is 0.180. The van der Waals surface area contributed by atoms with E-state index in [0.717, 1.165) is 21.1 Å². The van der Waals surface area contributed by atoms with Gasteiger partial charge in [-0.2, -0.15) is 5.10 Å². The summed E-state index contributed by atoms with van der Waals surface area (Å²) in [4.78, 5) is 31.8. The van der Waals surface area contributed by atoms with Crippen LogP contribution >= 0.6 is 0 Å². The van der Waals surface area contributed by atoms with Crippen molar-refractivity contribution < 1.29 is 4.79 Å². The molecule has 24 heavy (non-hydrogen) atoms. The number of fused-ring (bicyclic) bond motifs is 2. The lowest BCUT2D eigenvalue weighted by Gasteiger charge is -2.05. The number of nitrogens with zero attached hydrogens (tertiary/aromatic N) is 3. The van der Waals surface area contributed by atoms with Crippen LogP contribution in [0.2, 0.25) is 0 Å². The SMILES string of the molecule is O=C(Cn1ncc2ccccc2c1=O)Nc1nc2ccccc2[nH]1. The lowest BCUT2D eigenvalue weighted by Crippen LogP contribution is -2.29. The number of rotatable bonds is 3. The Morgan fingerprint density at radius 2 is 1.92 bits per heavy atom. The van der Waals surface area contributed by atoms with Gasteiger partial charge in [0, 0.05) is 5.39 Å². The number of aromatic amines is 1. The molecular weight excluding hydrogens is 306 g/mol. The maximum atomic E-state index is 12.4. The van der Waals surface area contributed by atoms with Crippen LogP contribution in [0.3, 0.4) is 0 Å². The summed E-state index contributed by atoms with van der Waals surface area (Å²) in [5.41, 5.74) is 1.29. The summed E-state index contributed by atoms with van der Waals surface area (Å²) in [6.07, 6.45) is 1.57. The fourth-order valence-electron chi connectivity index (χ4n) is 2.56. The van der Waals surface area contributed by atoms with Gasteiger partial charge < -0.3 is 4.98 Å². The average Bonchev–Trinajstić information content (AvgIpc) is 2.99. The molecule has 2 heterocycles. The highest BCUT2D eigenvalue weighted by molar-refractivity contribution is 5.91. The van der Waals surface area contributed by atoms with Crippen LogP contribution in [-0.4, -0.2) is 25.7 Å². The summed E-state index contributed by atoms with van der Waals surface area (Å²) < 4.78 is 1.14. The molecule has 0 bridgehead atoms. The summed E-state index contributed by atoms with van der Waals surface area (Å²) in [5, 5.41) is 7.97. The van der Waals surface area contributed by atoms with Crippen molar-refractivity contribution in [2.75, 3.05) is 5.32 Å². The Bertz CT molecular complexity index is 1080. The third-order valence-electron chi connectivity index (χ3n) is 3.70. The van der Waals surface area contributed by atoms with Crippen molar-refractivity contribution in [3.8, 4) is 0 Å². The van der Waals surface area contributed by atoms with Gasteiger partial charge >= 0.3 is 0 Å². The van der Waals surface area contributed by atoms with Gasteiger partial charge in [0.05, 0.1) is 22.6 Å². The topological polar surface area (TPSA) is 92.7 Å². The molecule has 7 nitrogen and oxygen atoms in total. The number of carbonyl (C=O) groups excluding carboxylic acids is 1. The van der Waals surface area contributed by atoms with Crippen molar-refractivity contribution in [1.82, 2.24) is 19.7 Å². The third-order valence-corrected chi connectivity index (χ3v) is 3.70. The van der Waals surface area contributed by atoms with Crippen LogP contribution in [0.1, 0.15) is 0 Å². The molecule has 2 aromatic carbocycles. The molecular formula is C17H13N5O2. The van der Waals surface area contributed by atoms with E-state index >= 15 is 0 Å². The van der Waals surface area contributed by atoms with E-state index in [1.807, 2.05) is 36.4 Å². The van der Waals surface area contributed by atoms with Gasteiger partial charge in [-0.1, -0.05) is 30.3 Å². The van der Waals surface area contributed by atoms with Gasteiger partial charge in [-0.05, 0) is 18.2 Å². The van der Waals surface area contributed by atoms with Crippen molar-refractivity contribution >= 4 is 33.7 Å². The molecule has 0 saturated carbocycles. The van der Waals surface area contributed by atoms with E-state index in [0.29, 0.717) is 11.3 Å². The monoisotopic (exact) mass is 319 g/mol. The zero-order valence-corrected chi connectivity index (χ0v) is 12.6. The number of imidazole rings is 1. The molecule has 4 aromatic rings. The van der Waals surface area contributed by atoms with Crippen molar-refractivity contribution in [3.63, 3.8) is 0 Å². The summed E-state index contributed by atoms with van der Waals surface area (Å²) in [6.45, 7) is -0.180. The maximum absolute atomic E-state index is 12.4. The van der Waals surface area contributed by atoms with Gasteiger partial charge in [0.2, 0.25) is 11.9 Å². The van der Waals surface area contributed by atoms with E-state index in [9.17, 15) is 9.59 Å². The molecule has 0 unspecified atom stereocenters. The lowest BCUT2D eigenvalue weighted by atomic mass is 10.2. The zero-order chi connectivity index (χ0) is 16.5. The summed E-state index contributed by atoms with van der Waals surface area (Å²) in [5.74, 6) is -0.0334. The second kappa shape index (κ2) is 5.62. The average molecular weight is 319 g/mol. The number of hydrogen-bond donors (Lipinski definition) is 2. The van der Waals surface area contributed by atoms with Crippen LogP contribution in [0.4, 0.5) is 5.95 Å². The molecule has 118 valence electrons. The molecule has 2 aromatic heterocycles. The Balaban J connectivity index is 1.57. The van der Waals surface area contributed by atoms with Crippen LogP contribution in [-0.2, 0) is 11.3 Å². The third kappa shape index (κ3) is 2.52. The number of anilines is 1. The second-order valence-electron chi connectivity index (χ2n) is 5.35. The quantitative estimate of drug-likeness (QED) is 0.603. The number of benzene rings is 2. The van der Waals surface area contributed by atoms with Crippen LogP contribution in [0.15, 0.2) is 59.5 Å². The zero-order valence-electron chi connectivity index (χ0n) is 12.6. The maximum Gasteiger partial charge on any atom is 0.275 e. The van der Waals surface area contributed by atoms with Crippen molar-refractivity contribution in [2.45, 2.75) is 6.54 Å². The van der Waals surface area contributed by atoms with Crippen molar-refractivity contribution in [3.05, 3.63) is 65.1 Å². The Hall–Kier alpha value is -3.48. The first kappa shape index (κ1) is 14.1. The number of amides is 1. The van der Waals surface area contributed by atoms with Crippen LogP contribution in [0.25, 0.3) is 21.8 Å². The molecule has 0 radical (unpaired) electrons. The molecule has 0 atom stereocenters.